The second-order valence-electron chi connectivity index (χ2n) is 6.81. The first kappa shape index (κ1) is 19.5. The molecule has 1 fully saturated rings. The van der Waals surface area contributed by atoms with E-state index in [0.29, 0.717) is 11.6 Å². The molecule has 1 saturated heterocycles. The molecule has 1 aliphatic heterocycles. The number of nitrogens with zero attached hydrogens (tertiary/aromatic N) is 2. The van der Waals surface area contributed by atoms with E-state index in [1.165, 1.54) is 0 Å². The van der Waals surface area contributed by atoms with Crippen LogP contribution in [0.25, 0.3) is 0 Å². The van der Waals surface area contributed by atoms with Crippen molar-refractivity contribution in [1.29, 1.82) is 0 Å². The lowest BCUT2D eigenvalue weighted by atomic mass is 10.1. The number of hydrogen-bond donors (Lipinski definition) is 1. The molecule has 1 atom stereocenters. The Balaban J connectivity index is 1.47. The van der Waals surface area contributed by atoms with Crippen LogP contribution in [-0.4, -0.2) is 50.6 Å². The van der Waals surface area contributed by atoms with Crippen LogP contribution in [0.5, 0.6) is 5.75 Å². The van der Waals surface area contributed by atoms with Gasteiger partial charge in [0, 0.05) is 43.0 Å². The maximum atomic E-state index is 12.4. The number of methoxy groups -OCH3 is 1. The molecule has 144 valence electrons. The fraction of sp³-hybridized carbons (Fsp3) is 0.381. The SMILES string of the molecule is COc1cccc(N2CCN(CC(=O)N[C@@H](C)c3ccc(Cl)cc3)CC2)c1. The second kappa shape index (κ2) is 9.11. The third-order valence-corrected chi connectivity index (χ3v) is 5.16. The Morgan fingerprint density at radius 2 is 1.85 bits per heavy atom. The number of carbonyl (C=O) groups excluding carboxylic acids is 1. The van der Waals surface area contributed by atoms with E-state index in [2.05, 4.69) is 27.2 Å². The molecule has 0 unspecified atom stereocenters. The van der Waals surface area contributed by atoms with Crippen LogP contribution in [0.15, 0.2) is 48.5 Å². The molecule has 6 heteroatoms. The molecule has 0 aromatic heterocycles. The maximum Gasteiger partial charge on any atom is 0.234 e. The van der Waals surface area contributed by atoms with Crippen LogP contribution in [0.3, 0.4) is 0 Å². The van der Waals surface area contributed by atoms with Gasteiger partial charge < -0.3 is 15.0 Å². The smallest absolute Gasteiger partial charge is 0.234 e. The van der Waals surface area contributed by atoms with E-state index in [0.717, 1.165) is 43.2 Å². The largest absolute Gasteiger partial charge is 0.497 e. The van der Waals surface area contributed by atoms with Gasteiger partial charge in [-0.1, -0.05) is 29.8 Å². The van der Waals surface area contributed by atoms with Crippen molar-refractivity contribution in [2.75, 3.05) is 44.7 Å². The van der Waals surface area contributed by atoms with Gasteiger partial charge in [0.1, 0.15) is 5.75 Å². The topological polar surface area (TPSA) is 44.8 Å². The first-order valence-electron chi connectivity index (χ1n) is 9.21. The molecule has 1 heterocycles. The number of amides is 1. The second-order valence-corrected chi connectivity index (χ2v) is 7.24. The number of rotatable bonds is 6. The minimum Gasteiger partial charge on any atom is -0.497 e. The average Bonchev–Trinajstić information content (AvgIpc) is 2.69. The summed E-state index contributed by atoms with van der Waals surface area (Å²) in [7, 11) is 1.68. The van der Waals surface area contributed by atoms with Gasteiger partial charge in [-0.05, 0) is 36.8 Å². The van der Waals surface area contributed by atoms with E-state index in [1.807, 2.05) is 43.3 Å². The highest BCUT2D eigenvalue weighted by Gasteiger charge is 2.20. The summed E-state index contributed by atoms with van der Waals surface area (Å²) in [5, 5.41) is 3.77. The third-order valence-electron chi connectivity index (χ3n) is 4.91. The number of benzene rings is 2. The summed E-state index contributed by atoms with van der Waals surface area (Å²) in [6.45, 7) is 5.92. The summed E-state index contributed by atoms with van der Waals surface area (Å²) < 4.78 is 5.30. The van der Waals surface area contributed by atoms with Gasteiger partial charge in [-0.15, -0.1) is 0 Å². The molecule has 27 heavy (non-hydrogen) atoms. The molecule has 1 N–H and O–H groups in total. The number of carbonyl (C=O) groups is 1. The predicted molar refractivity (Wildman–Crippen MR) is 110 cm³/mol. The van der Waals surface area contributed by atoms with E-state index in [-0.39, 0.29) is 11.9 Å². The van der Waals surface area contributed by atoms with Gasteiger partial charge in [0.05, 0.1) is 19.7 Å². The van der Waals surface area contributed by atoms with Crippen molar-refractivity contribution in [3.8, 4) is 5.75 Å². The third kappa shape index (κ3) is 5.37. The van der Waals surface area contributed by atoms with Crippen molar-refractivity contribution in [2.45, 2.75) is 13.0 Å². The van der Waals surface area contributed by atoms with Gasteiger partial charge in [-0.3, -0.25) is 9.69 Å². The first-order chi connectivity index (χ1) is 13.0. The van der Waals surface area contributed by atoms with Crippen molar-refractivity contribution in [3.63, 3.8) is 0 Å². The Morgan fingerprint density at radius 1 is 1.15 bits per heavy atom. The zero-order chi connectivity index (χ0) is 19.2. The Kier molecular flexibility index (Phi) is 6.58. The molecule has 2 aromatic carbocycles. The van der Waals surface area contributed by atoms with Crippen molar-refractivity contribution < 1.29 is 9.53 Å². The summed E-state index contributed by atoms with van der Waals surface area (Å²) in [6, 6.07) is 15.6. The highest BCUT2D eigenvalue weighted by molar-refractivity contribution is 6.30. The normalized spacial score (nSPS) is 16.0. The minimum absolute atomic E-state index is 0.0344. The highest BCUT2D eigenvalue weighted by Crippen LogP contribution is 2.22. The maximum absolute atomic E-state index is 12.4. The van der Waals surface area contributed by atoms with Crippen LogP contribution in [-0.2, 0) is 4.79 Å². The van der Waals surface area contributed by atoms with E-state index in [9.17, 15) is 4.79 Å². The Hall–Kier alpha value is -2.24. The summed E-state index contributed by atoms with van der Waals surface area (Å²) in [5.41, 5.74) is 2.21. The highest BCUT2D eigenvalue weighted by atomic mass is 35.5. The summed E-state index contributed by atoms with van der Waals surface area (Å²) >= 11 is 5.92. The van der Waals surface area contributed by atoms with Gasteiger partial charge in [0.15, 0.2) is 0 Å². The Morgan fingerprint density at radius 3 is 2.52 bits per heavy atom. The van der Waals surface area contributed by atoms with E-state index in [1.54, 1.807) is 7.11 Å². The molecular formula is C21H26ClN3O2. The molecule has 0 saturated carbocycles. The zero-order valence-electron chi connectivity index (χ0n) is 15.8. The van der Waals surface area contributed by atoms with E-state index in [4.69, 9.17) is 16.3 Å². The lowest BCUT2D eigenvalue weighted by molar-refractivity contribution is -0.123. The molecule has 3 rings (SSSR count). The number of hydrogen-bond acceptors (Lipinski definition) is 4. The molecular weight excluding hydrogens is 362 g/mol. The molecule has 2 aromatic rings. The van der Waals surface area contributed by atoms with Crippen LogP contribution in [0.4, 0.5) is 5.69 Å². The van der Waals surface area contributed by atoms with Gasteiger partial charge in [-0.25, -0.2) is 0 Å². The van der Waals surface area contributed by atoms with Gasteiger partial charge in [0.25, 0.3) is 0 Å². The lowest BCUT2D eigenvalue weighted by Gasteiger charge is -2.36. The van der Waals surface area contributed by atoms with Crippen LogP contribution in [0.1, 0.15) is 18.5 Å². The predicted octanol–water partition coefficient (Wildman–Crippen LogP) is 3.35. The fourth-order valence-corrected chi connectivity index (χ4v) is 3.42. The van der Waals surface area contributed by atoms with Gasteiger partial charge in [-0.2, -0.15) is 0 Å². The number of halogens is 1. The van der Waals surface area contributed by atoms with Crippen molar-refractivity contribution in [3.05, 3.63) is 59.1 Å². The minimum atomic E-state index is -0.0344. The Bertz CT molecular complexity index is 758. The van der Waals surface area contributed by atoms with Gasteiger partial charge in [0.2, 0.25) is 5.91 Å². The molecule has 1 amide bonds. The Labute approximate surface area is 165 Å². The zero-order valence-corrected chi connectivity index (χ0v) is 16.6. The molecule has 1 aliphatic rings. The molecule has 0 spiro atoms. The summed E-state index contributed by atoms with van der Waals surface area (Å²) in [4.78, 5) is 16.9. The number of nitrogens with one attached hydrogen (secondary N) is 1. The number of ether oxygens (including phenoxy) is 1. The standard InChI is InChI=1S/C21H26ClN3O2/c1-16(17-6-8-18(22)9-7-17)23-21(26)15-24-10-12-25(13-11-24)19-4-3-5-20(14-19)27-2/h3-9,14,16H,10-13,15H2,1-2H3,(H,23,26)/t16-/m0/s1. The van der Waals surface area contributed by atoms with Crippen LogP contribution < -0.4 is 15.0 Å². The molecule has 5 nitrogen and oxygen atoms in total. The monoisotopic (exact) mass is 387 g/mol. The summed E-state index contributed by atoms with van der Waals surface area (Å²) in [5.74, 6) is 0.915. The first-order valence-corrected chi connectivity index (χ1v) is 9.59. The lowest BCUT2D eigenvalue weighted by Crippen LogP contribution is -2.49. The number of anilines is 1. The van der Waals surface area contributed by atoms with Crippen LogP contribution in [0, 0.1) is 0 Å². The summed E-state index contributed by atoms with van der Waals surface area (Å²) in [6.07, 6.45) is 0. The molecule has 0 aliphatic carbocycles. The van der Waals surface area contributed by atoms with Crippen molar-refractivity contribution in [1.82, 2.24) is 10.2 Å². The van der Waals surface area contributed by atoms with Gasteiger partial charge >= 0.3 is 0 Å². The fourth-order valence-electron chi connectivity index (χ4n) is 3.30. The van der Waals surface area contributed by atoms with E-state index >= 15 is 0 Å². The van der Waals surface area contributed by atoms with Crippen molar-refractivity contribution in [2.24, 2.45) is 0 Å². The molecule has 0 bridgehead atoms. The van der Waals surface area contributed by atoms with E-state index < -0.39 is 0 Å². The quantitative estimate of drug-likeness (QED) is 0.825. The average molecular weight is 388 g/mol. The van der Waals surface area contributed by atoms with Crippen molar-refractivity contribution >= 4 is 23.2 Å². The van der Waals surface area contributed by atoms with Crippen LogP contribution >= 0.6 is 11.6 Å². The number of piperazine rings is 1. The van der Waals surface area contributed by atoms with Crippen LogP contribution in [0.2, 0.25) is 5.02 Å². The molecule has 0 radical (unpaired) electrons.